The number of hydrogen-bond donors (Lipinski definition) is 1. The molecule has 0 atom stereocenters. The summed E-state index contributed by atoms with van der Waals surface area (Å²) >= 11 is 0. The van der Waals surface area contributed by atoms with Crippen molar-refractivity contribution in [3.63, 3.8) is 0 Å². The third kappa shape index (κ3) is 3.38. The van der Waals surface area contributed by atoms with Crippen LogP contribution in [0.3, 0.4) is 0 Å². The molecule has 0 aliphatic rings. The summed E-state index contributed by atoms with van der Waals surface area (Å²) < 4.78 is 24.7. The first-order valence-corrected chi connectivity index (χ1v) is 7.31. The van der Waals surface area contributed by atoms with Gasteiger partial charge in [-0.15, -0.1) is 0 Å². The monoisotopic (exact) mass is 261 g/mol. The van der Waals surface area contributed by atoms with Crippen molar-refractivity contribution in [1.82, 2.24) is 9.71 Å². The Kier molecular flexibility index (Phi) is 3.74. The third-order valence-electron chi connectivity index (χ3n) is 2.44. The second kappa shape index (κ2) is 5.29. The molecule has 0 aliphatic heterocycles. The van der Waals surface area contributed by atoms with Gasteiger partial charge in [-0.2, -0.15) is 0 Å². The molecule has 0 fully saturated rings. The molecule has 1 aromatic heterocycles. The SMILES string of the molecule is CS(=O)(=O)NCc1ccccc1-c1[c]nccc1. The van der Waals surface area contributed by atoms with Gasteiger partial charge in [-0.25, -0.2) is 13.1 Å². The van der Waals surface area contributed by atoms with Gasteiger partial charge in [0, 0.05) is 18.3 Å². The highest BCUT2D eigenvalue weighted by molar-refractivity contribution is 7.88. The van der Waals surface area contributed by atoms with Gasteiger partial charge in [0.25, 0.3) is 0 Å². The van der Waals surface area contributed by atoms with E-state index in [9.17, 15) is 8.42 Å². The zero-order valence-corrected chi connectivity index (χ0v) is 10.7. The summed E-state index contributed by atoms with van der Waals surface area (Å²) in [4.78, 5) is 3.95. The molecule has 0 unspecified atom stereocenters. The van der Waals surface area contributed by atoms with Crippen LogP contribution >= 0.6 is 0 Å². The van der Waals surface area contributed by atoms with Crippen molar-refractivity contribution in [2.75, 3.05) is 6.26 Å². The van der Waals surface area contributed by atoms with Crippen molar-refractivity contribution in [2.45, 2.75) is 6.54 Å². The third-order valence-corrected chi connectivity index (χ3v) is 3.11. The van der Waals surface area contributed by atoms with E-state index < -0.39 is 10.0 Å². The quantitative estimate of drug-likeness (QED) is 0.909. The molecule has 18 heavy (non-hydrogen) atoms. The smallest absolute Gasteiger partial charge is 0.209 e. The molecule has 4 nitrogen and oxygen atoms in total. The molecule has 93 valence electrons. The van der Waals surface area contributed by atoms with Gasteiger partial charge in [-0.1, -0.05) is 30.3 Å². The molecule has 0 spiro atoms. The molecule has 0 saturated carbocycles. The highest BCUT2D eigenvalue weighted by atomic mass is 32.2. The first-order valence-electron chi connectivity index (χ1n) is 5.42. The van der Waals surface area contributed by atoms with Crippen LogP contribution < -0.4 is 4.72 Å². The van der Waals surface area contributed by atoms with Crippen LogP contribution in [-0.4, -0.2) is 19.7 Å². The fourth-order valence-electron chi connectivity index (χ4n) is 1.62. The molecular weight excluding hydrogens is 248 g/mol. The summed E-state index contributed by atoms with van der Waals surface area (Å²) in [6, 6.07) is 11.3. The molecule has 1 heterocycles. The Morgan fingerprint density at radius 3 is 2.67 bits per heavy atom. The molecule has 2 aromatic rings. The van der Waals surface area contributed by atoms with E-state index >= 15 is 0 Å². The average molecular weight is 261 g/mol. The lowest BCUT2D eigenvalue weighted by Crippen LogP contribution is -2.21. The predicted molar refractivity (Wildman–Crippen MR) is 70.2 cm³/mol. The molecule has 1 radical (unpaired) electrons. The Labute approximate surface area is 107 Å². The highest BCUT2D eigenvalue weighted by Gasteiger charge is 2.07. The van der Waals surface area contributed by atoms with Gasteiger partial charge in [0.05, 0.1) is 12.5 Å². The number of hydrogen-bond acceptors (Lipinski definition) is 3. The van der Waals surface area contributed by atoms with Crippen LogP contribution in [0, 0.1) is 6.20 Å². The number of benzene rings is 1. The second-order valence-electron chi connectivity index (χ2n) is 3.91. The fourth-order valence-corrected chi connectivity index (χ4v) is 2.04. The zero-order chi connectivity index (χ0) is 13.0. The number of aromatic nitrogens is 1. The van der Waals surface area contributed by atoms with Crippen molar-refractivity contribution in [2.24, 2.45) is 0 Å². The highest BCUT2D eigenvalue weighted by Crippen LogP contribution is 2.22. The predicted octanol–water partition coefficient (Wildman–Crippen LogP) is 1.60. The van der Waals surface area contributed by atoms with Gasteiger partial charge < -0.3 is 0 Å². The van der Waals surface area contributed by atoms with Gasteiger partial charge in [-0.05, 0) is 17.2 Å². The molecule has 0 bridgehead atoms. The van der Waals surface area contributed by atoms with E-state index in [0.29, 0.717) is 0 Å². The van der Waals surface area contributed by atoms with Crippen molar-refractivity contribution in [3.8, 4) is 11.1 Å². The van der Waals surface area contributed by atoms with Gasteiger partial charge >= 0.3 is 0 Å². The van der Waals surface area contributed by atoms with Crippen LogP contribution in [0.1, 0.15) is 5.56 Å². The number of rotatable bonds is 4. The molecule has 1 N–H and O–H groups in total. The van der Waals surface area contributed by atoms with Crippen LogP contribution in [-0.2, 0) is 16.6 Å². The molecule has 2 rings (SSSR count). The van der Waals surface area contributed by atoms with Crippen molar-refractivity contribution in [3.05, 3.63) is 54.4 Å². The van der Waals surface area contributed by atoms with Crippen LogP contribution in [0.5, 0.6) is 0 Å². The molecule has 1 aromatic carbocycles. The zero-order valence-electron chi connectivity index (χ0n) is 9.92. The fraction of sp³-hybridized carbons (Fsp3) is 0.154. The lowest BCUT2D eigenvalue weighted by atomic mass is 10.0. The Balaban J connectivity index is 2.32. The van der Waals surface area contributed by atoms with Crippen molar-refractivity contribution < 1.29 is 8.42 Å². The Bertz CT molecular complexity index is 624. The minimum Gasteiger partial charge on any atom is -0.254 e. The summed E-state index contributed by atoms with van der Waals surface area (Å²) in [5.74, 6) is 0. The molecule has 0 saturated heterocycles. The summed E-state index contributed by atoms with van der Waals surface area (Å²) in [5, 5.41) is 0. The maximum absolute atomic E-state index is 11.1. The minimum absolute atomic E-state index is 0.262. The lowest BCUT2D eigenvalue weighted by Gasteiger charge is -2.09. The Hall–Kier alpha value is -1.72. The number of pyridine rings is 1. The summed E-state index contributed by atoms with van der Waals surface area (Å²) in [5.41, 5.74) is 2.68. The van der Waals surface area contributed by atoms with Gasteiger partial charge in [-0.3, -0.25) is 4.98 Å². The van der Waals surface area contributed by atoms with E-state index in [-0.39, 0.29) is 6.54 Å². The molecule has 0 amide bonds. The summed E-state index contributed by atoms with van der Waals surface area (Å²) in [7, 11) is -3.20. The Morgan fingerprint density at radius 1 is 1.22 bits per heavy atom. The maximum Gasteiger partial charge on any atom is 0.209 e. The number of nitrogens with zero attached hydrogens (tertiary/aromatic N) is 1. The second-order valence-corrected chi connectivity index (χ2v) is 5.75. The van der Waals surface area contributed by atoms with Crippen LogP contribution in [0.2, 0.25) is 0 Å². The van der Waals surface area contributed by atoms with E-state index in [4.69, 9.17) is 0 Å². The Morgan fingerprint density at radius 2 is 2.00 bits per heavy atom. The first-order chi connectivity index (χ1) is 8.56. The van der Waals surface area contributed by atoms with Crippen molar-refractivity contribution >= 4 is 10.0 Å². The van der Waals surface area contributed by atoms with Crippen LogP contribution in [0.4, 0.5) is 0 Å². The van der Waals surface area contributed by atoms with Crippen LogP contribution in [0.25, 0.3) is 11.1 Å². The van der Waals surface area contributed by atoms with Gasteiger partial charge in [0.1, 0.15) is 0 Å². The number of sulfonamides is 1. The maximum atomic E-state index is 11.1. The topological polar surface area (TPSA) is 59.1 Å². The normalized spacial score (nSPS) is 11.4. The lowest BCUT2D eigenvalue weighted by molar-refractivity contribution is 0.587. The van der Waals surface area contributed by atoms with E-state index in [1.807, 2.05) is 36.4 Å². The standard InChI is InChI=1S/C13H13N2O2S/c1-18(16,17)15-10-12-5-2-3-7-13(12)11-6-4-8-14-9-11/h2-8,15H,10H2,1H3. The summed E-state index contributed by atoms with van der Waals surface area (Å²) in [6.45, 7) is 0.262. The van der Waals surface area contributed by atoms with Gasteiger partial charge in [0.2, 0.25) is 10.0 Å². The van der Waals surface area contributed by atoms with Gasteiger partial charge in [0.15, 0.2) is 0 Å². The van der Waals surface area contributed by atoms with E-state index in [1.165, 1.54) is 0 Å². The molecule has 0 aliphatic carbocycles. The van der Waals surface area contributed by atoms with E-state index in [2.05, 4.69) is 15.9 Å². The van der Waals surface area contributed by atoms with E-state index in [0.717, 1.165) is 22.9 Å². The van der Waals surface area contributed by atoms with Crippen LogP contribution in [0.15, 0.2) is 42.6 Å². The first kappa shape index (κ1) is 12.7. The average Bonchev–Trinajstić information content (AvgIpc) is 2.37. The molecule has 5 heteroatoms. The van der Waals surface area contributed by atoms with E-state index in [1.54, 1.807) is 6.20 Å². The largest absolute Gasteiger partial charge is 0.254 e. The minimum atomic E-state index is -3.20. The summed E-state index contributed by atoms with van der Waals surface area (Å²) in [6.07, 6.45) is 5.69. The number of nitrogens with one attached hydrogen (secondary N) is 1. The molecular formula is C13H13N2O2S. The van der Waals surface area contributed by atoms with Crippen molar-refractivity contribution in [1.29, 1.82) is 0 Å².